The number of nitrogens with zero attached hydrogens (tertiary/aromatic N) is 5. The Labute approximate surface area is 160 Å². The second-order valence-corrected chi connectivity index (χ2v) is 6.69. The fraction of sp³-hybridized carbons (Fsp3) is 0.278. The lowest BCUT2D eigenvalue weighted by molar-refractivity contribution is -0.123. The summed E-state index contributed by atoms with van der Waals surface area (Å²) in [5, 5.41) is 7.46. The number of hydrogen-bond acceptors (Lipinski definition) is 7. The van der Waals surface area contributed by atoms with Crippen LogP contribution in [0.25, 0.3) is 11.6 Å². The first-order chi connectivity index (χ1) is 13.2. The molecule has 1 N–H and O–H groups in total. The van der Waals surface area contributed by atoms with E-state index in [0.717, 1.165) is 5.56 Å². The van der Waals surface area contributed by atoms with Crippen LogP contribution >= 0.6 is 11.6 Å². The van der Waals surface area contributed by atoms with Crippen LogP contribution in [0.4, 0.5) is 0 Å². The molecule has 0 saturated carbocycles. The SMILES string of the molecule is O=C(CN1CC(c2nc(-c3ncccn3)no2)C1)NCc1ccccc1Cl. The van der Waals surface area contributed by atoms with Crippen molar-refractivity contribution in [1.29, 1.82) is 0 Å². The van der Waals surface area contributed by atoms with Crippen LogP contribution in [0.2, 0.25) is 5.02 Å². The molecule has 138 valence electrons. The fourth-order valence-corrected chi connectivity index (χ4v) is 3.06. The molecule has 1 aromatic carbocycles. The third kappa shape index (κ3) is 4.12. The molecule has 2 aromatic heterocycles. The fourth-order valence-electron chi connectivity index (χ4n) is 2.86. The van der Waals surface area contributed by atoms with Gasteiger partial charge < -0.3 is 9.84 Å². The Balaban J connectivity index is 1.25. The zero-order valence-corrected chi connectivity index (χ0v) is 15.1. The van der Waals surface area contributed by atoms with Crippen LogP contribution in [0.5, 0.6) is 0 Å². The molecule has 3 aromatic rings. The maximum atomic E-state index is 12.1. The maximum absolute atomic E-state index is 12.1. The molecule has 0 aliphatic carbocycles. The van der Waals surface area contributed by atoms with E-state index in [1.165, 1.54) is 0 Å². The molecule has 4 rings (SSSR count). The number of benzene rings is 1. The second kappa shape index (κ2) is 7.81. The van der Waals surface area contributed by atoms with Gasteiger partial charge in [-0.1, -0.05) is 35.0 Å². The highest BCUT2D eigenvalue weighted by Crippen LogP contribution is 2.26. The topological polar surface area (TPSA) is 97.0 Å². The summed E-state index contributed by atoms with van der Waals surface area (Å²) >= 11 is 6.09. The molecule has 1 fully saturated rings. The van der Waals surface area contributed by atoms with E-state index in [2.05, 4.69) is 25.4 Å². The lowest BCUT2D eigenvalue weighted by Gasteiger charge is -2.36. The van der Waals surface area contributed by atoms with E-state index in [9.17, 15) is 4.79 Å². The average molecular weight is 385 g/mol. The van der Waals surface area contributed by atoms with Crippen LogP contribution in [0, 0.1) is 0 Å². The number of hydrogen-bond donors (Lipinski definition) is 1. The van der Waals surface area contributed by atoms with Crippen LogP contribution in [-0.2, 0) is 11.3 Å². The Hall–Kier alpha value is -2.84. The summed E-state index contributed by atoms with van der Waals surface area (Å²) in [7, 11) is 0. The standard InChI is InChI=1S/C18H17ClN6O2/c19-14-5-2-1-4-12(14)8-22-15(26)11-25-9-13(10-25)18-23-17(24-27-18)16-20-6-3-7-21-16/h1-7,13H,8-11H2,(H,22,26). The van der Waals surface area contributed by atoms with Crippen molar-refractivity contribution in [1.82, 2.24) is 30.3 Å². The predicted molar refractivity (Wildman–Crippen MR) is 97.8 cm³/mol. The zero-order chi connectivity index (χ0) is 18.6. The molecule has 0 atom stereocenters. The predicted octanol–water partition coefficient (Wildman–Crippen LogP) is 1.90. The Kier molecular flexibility index (Phi) is 5.08. The summed E-state index contributed by atoms with van der Waals surface area (Å²) in [4.78, 5) is 26.7. The largest absolute Gasteiger partial charge is 0.351 e. The van der Waals surface area contributed by atoms with Crippen LogP contribution in [-0.4, -0.2) is 50.5 Å². The van der Waals surface area contributed by atoms with Crippen molar-refractivity contribution in [3.8, 4) is 11.6 Å². The first-order valence-electron chi connectivity index (χ1n) is 8.52. The maximum Gasteiger partial charge on any atom is 0.240 e. The molecule has 0 bridgehead atoms. The summed E-state index contributed by atoms with van der Waals surface area (Å²) in [6, 6.07) is 9.19. The van der Waals surface area contributed by atoms with E-state index >= 15 is 0 Å². The van der Waals surface area contributed by atoms with Crippen molar-refractivity contribution >= 4 is 17.5 Å². The van der Waals surface area contributed by atoms with Gasteiger partial charge in [0, 0.05) is 37.1 Å². The van der Waals surface area contributed by atoms with Crippen molar-refractivity contribution in [3.63, 3.8) is 0 Å². The van der Waals surface area contributed by atoms with Gasteiger partial charge in [0.05, 0.1) is 12.5 Å². The monoisotopic (exact) mass is 384 g/mol. The molecule has 1 amide bonds. The minimum atomic E-state index is -0.0442. The number of carbonyl (C=O) groups is 1. The summed E-state index contributed by atoms with van der Waals surface area (Å²) in [5.74, 6) is 1.43. The highest BCUT2D eigenvalue weighted by atomic mass is 35.5. The Bertz CT molecular complexity index is 926. The number of nitrogens with one attached hydrogen (secondary N) is 1. The van der Waals surface area contributed by atoms with Gasteiger partial charge in [0.25, 0.3) is 0 Å². The highest BCUT2D eigenvalue weighted by molar-refractivity contribution is 6.31. The Morgan fingerprint density at radius 3 is 2.74 bits per heavy atom. The van der Waals surface area contributed by atoms with Gasteiger partial charge in [-0.25, -0.2) is 9.97 Å². The molecule has 27 heavy (non-hydrogen) atoms. The zero-order valence-electron chi connectivity index (χ0n) is 14.4. The first-order valence-corrected chi connectivity index (χ1v) is 8.90. The quantitative estimate of drug-likeness (QED) is 0.693. The summed E-state index contributed by atoms with van der Waals surface area (Å²) in [6.45, 7) is 2.12. The van der Waals surface area contributed by atoms with Gasteiger partial charge in [0.15, 0.2) is 0 Å². The number of carbonyl (C=O) groups excluding carboxylic acids is 1. The minimum Gasteiger partial charge on any atom is -0.351 e. The van der Waals surface area contributed by atoms with Gasteiger partial charge >= 0.3 is 0 Å². The van der Waals surface area contributed by atoms with E-state index < -0.39 is 0 Å². The first kappa shape index (κ1) is 17.6. The lowest BCUT2D eigenvalue weighted by Crippen LogP contribution is -2.49. The van der Waals surface area contributed by atoms with Crippen LogP contribution in [0.3, 0.4) is 0 Å². The third-order valence-corrected chi connectivity index (χ3v) is 4.68. The van der Waals surface area contributed by atoms with Gasteiger partial charge in [-0.15, -0.1) is 0 Å². The number of likely N-dealkylation sites (tertiary alicyclic amines) is 1. The van der Waals surface area contributed by atoms with Gasteiger partial charge in [-0.3, -0.25) is 9.69 Å². The number of halogens is 1. The molecule has 9 heteroatoms. The molecule has 1 aliphatic heterocycles. The molecule has 1 aliphatic rings. The van der Waals surface area contributed by atoms with E-state index in [-0.39, 0.29) is 11.8 Å². The van der Waals surface area contributed by atoms with E-state index in [0.29, 0.717) is 48.7 Å². The Morgan fingerprint density at radius 2 is 1.96 bits per heavy atom. The molecule has 8 nitrogen and oxygen atoms in total. The van der Waals surface area contributed by atoms with Crippen molar-refractivity contribution in [2.45, 2.75) is 12.5 Å². The molecule has 0 spiro atoms. The number of rotatable bonds is 6. The highest BCUT2D eigenvalue weighted by Gasteiger charge is 2.33. The van der Waals surface area contributed by atoms with Gasteiger partial charge in [0.1, 0.15) is 0 Å². The molecule has 0 unspecified atom stereocenters. The minimum absolute atomic E-state index is 0.0442. The van der Waals surface area contributed by atoms with Gasteiger partial charge in [-0.05, 0) is 17.7 Å². The van der Waals surface area contributed by atoms with Crippen molar-refractivity contribution in [2.75, 3.05) is 19.6 Å². The van der Waals surface area contributed by atoms with Crippen LogP contribution in [0.15, 0.2) is 47.2 Å². The molecular formula is C18H17ClN6O2. The smallest absolute Gasteiger partial charge is 0.240 e. The molecular weight excluding hydrogens is 368 g/mol. The summed E-state index contributed by atoms with van der Waals surface area (Å²) < 4.78 is 5.31. The van der Waals surface area contributed by atoms with Crippen molar-refractivity contribution in [3.05, 3.63) is 59.2 Å². The summed E-state index contributed by atoms with van der Waals surface area (Å²) in [5.41, 5.74) is 0.899. The molecule has 3 heterocycles. The van der Waals surface area contributed by atoms with E-state index in [1.807, 2.05) is 29.2 Å². The third-order valence-electron chi connectivity index (χ3n) is 4.31. The normalized spacial score (nSPS) is 14.7. The average Bonchev–Trinajstić information content (AvgIpc) is 3.14. The molecule has 1 saturated heterocycles. The van der Waals surface area contributed by atoms with Crippen molar-refractivity contribution < 1.29 is 9.32 Å². The van der Waals surface area contributed by atoms with E-state index in [1.54, 1.807) is 18.5 Å². The Morgan fingerprint density at radius 1 is 1.19 bits per heavy atom. The van der Waals surface area contributed by atoms with Gasteiger partial charge in [0.2, 0.25) is 23.4 Å². The van der Waals surface area contributed by atoms with Crippen LogP contribution in [0.1, 0.15) is 17.4 Å². The number of aromatic nitrogens is 4. The summed E-state index contributed by atoms with van der Waals surface area (Å²) in [6.07, 6.45) is 3.26. The molecule has 0 radical (unpaired) electrons. The van der Waals surface area contributed by atoms with E-state index in [4.69, 9.17) is 16.1 Å². The van der Waals surface area contributed by atoms with Crippen LogP contribution < -0.4 is 5.32 Å². The second-order valence-electron chi connectivity index (χ2n) is 6.29. The number of amides is 1. The van der Waals surface area contributed by atoms with Gasteiger partial charge in [-0.2, -0.15) is 4.98 Å². The van der Waals surface area contributed by atoms with Crippen molar-refractivity contribution in [2.24, 2.45) is 0 Å². The lowest BCUT2D eigenvalue weighted by atomic mass is 10.0.